The van der Waals surface area contributed by atoms with E-state index >= 15 is 0 Å². The quantitative estimate of drug-likeness (QED) is 0.603. The summed E-state index contributed by atoms with van der Waals surface area (Å²) in [5.74, 6) is 0.337. The zero-order valence-electron chi connectivity index (χ0n) is 19.7. The van der Waals surface area contributed by atoms with Crippen molar-refractivity contribution in [2.45, 2.75) is 13.3 Å². The highest BCUT2D eigenvalue weighted by atomic mass is 16.5. The lowest BCUT2D eigenvalue weighted by Crippen LogP contribution is -2.36. The molecule has 3 aromatic rings. The molecular weight excluding hydrogens is 432 g/mol. The van der Waals surface area contributed by atoms with Gasteiger partial charge in [0.05, 0.1) is 30.2 Å². The van der Waals surface area contributed by atoms with E-state index in [0.717, 1.165) is 16.8 Å². The highest BCUT2D eigenvalue weighted by Gasteiger charge is 2.19. The molecule has 0 saturated carbocycles. The van der Waals surface area contributed by atoms with E-state index in [1.807, 2.05) is 24.0 Å². The zero-order valence-corrected chi connectivity index (χ0v) is 19.7. The number of nitriles is 1. The number of carbonyl (C=O) groups excluding carboxylic acids is 1. The minimum atomic E-state index is -0.178. The molecule has 4 rings (SSSR count). The van der Waals surface area contributed by atoms with Gasteiger partial charge in [0.15, 0.2) is 11.3 Å². The van der Waals surface area contributed by atoms with E-state index in [2.05, 4.69) is 11.4 Å². The zero-order chi connectivity index (χ0) is 24.2. The van der Waals surface area contributed by atoms with E-state index in [4.69, 9.17) is 9.15 Å². The van der Waals surface area contributed by atoms with Crippen molar-refractivity contribution in [1.29, 1.82) is 5.26 Å². The lowest BCUT2D eigenvalue weighted by atomic mass is 10.0. The minimum Gasteiger partial charge on any atom is -0.440 e. The number of rotatable bonds is 6. The van der Waals surface area contributed by atoms with E-state index in [1.54, 1.807) is 32.3 Å². The van der Waals surface area contributed by atoms with Gasteiger partial charge in [0.25, 0.3) is 5.91 Å². The summed E-state index contributed by atoms with van der Waals surface area (Å²) in [6.07, 6.45) is 0.524. The molecule has 1 N–H and O–H groups in total. The summed E-state index contributed by atoms with van der Waals surface area (Å²) in [5.41, 5.74) is 3.96. The Balaban J connectivity index is 1.70. The molecule has 8 nitrogen and oxygen atoms in total. The summed E-state index contributed by atoms with van der Waals surface area (Å²) in [6, 6.07) is 12.7. The number of anilines is 2. The van der Waals surface area contributed by atoms with Crippen LogP contribution in [0.4, 0.5) is 11.6 Å². The van der Waals surface area contributed by atoms with Crippen LogP contribution >= 0.6 is 0 Å². The number of morpholine rings is 1. The van der Waals surface area contributed by atoms with Crippen LogP contribution < -0.4 is 15.6 Å². The van der Waals surface area contributed by atoms with Gasteiger partial charge in [-0.2, -0.15) is 5.26 Å². The monoisotopic (exact) mass is 460 g/mol. The molecule has 2 heterocycles. The first-order valence-corrected chi connectivity index (χ1v) is 11.3. The van der Waals surface area contributed by atoms with Gasteiger partial charge in [0.2, 0.25) is 0 Å². The van der Waals surface area contributed by atoms with Gasteiger partial charge in [0.1, 0.15) is 5.58 Å². The third kappa shape index (κ3) is 5.05. The molecule has 0 aliphatic carbocycles. The average molecular weight is 461 g/mol. The van der Waals surface area contributed by atoms with Crippen molar-refractivity contribution < 1.29 is 13.9 Å². The topological polar surface area (TPSA) is 98.8 Å². The van der Waals surface area contributed by atoms with Gasteiger partial charge in [-0.1, -0.05) is 0 Å². The molecule has 0 atom stereocenters. The van der Waals surface area contributed by atoms with E-state index in [0.29, 0.717) is 67.2 Å². The number of hydrogen-bond acceptors (Lipinski definition) is 7. The molecule has 8 heteroatoms. The molecule has 0 bridgehead atoms. The van der Waals surface area contributed by atoms with Gasteiger partial charge in [-0.25, -0.2) is 0 Å². The van der Waals surface area contributed by atoms with E-state index < -0.39 is 0 Å². The summed E-state index contributed by atoms with van der Waals surface area (Å²) < 4.78 is 11.7. The third-order valence-electron chi connectivity index (χ3n) is 5.80. The number of amides is 1. The van der Waals surface area contributed by atoms with Crippen molar-refractivity contribution in [2.75, 3.05) is 57.2 Å². The molecule has 34 heavy (non-hydrogen) atoms. The highest BCUT2D eigenvalue weighted by molar-refractivity contribution is 5.98. The number of nitrogens with zero attached hydrogens (tertiary/aromatic N) is 3. The van der Waals surface area contributed by atoms with Crippen LogP contribution in [0.5, 0.6) is 0 Å². The van der Waals surface area contributed by atoms with Gasteiger partial charge < -0.3 is 24.3 Å². The van der Waals surface area contributed by atoms with E-state index in [-0.39, 0.29) is 11.3 Å². The lowest BCUT2D eigenvalue weighted by Gasteiger charge is -2.27. The van der Waals surface area contributed by atoms with Crippen molar-refractivity contribution in [1.82, 2.24) is 4.90 Å². The minimum absolute atomic E-state index is 0.176. The van der Waals surface area contributed by atoms with Crippen molar-refractivity contribution in [3.63, 3.8) is 0 Å². The maximum absolute atomic E-state index is 13.1. The van der Waals surface area contributed by atoms with Crippen LogP contribution in [0.25, 0.3) is 11.0 Å². The first-order chi connectivity index (χ1) is 16.4. The molecule has 1 saturated heterocycles. The fraction of sp³-hybridized carbons (Fsp3) is 0.346. The number of hydrogen-bond donors (Lipinski definition) is 1. The van der Waals surface area contributed by atoms with Crippen molar-refractivity contribution in [2.24, 2.45) is 0 Å². The second-order valence-corrected chi connectivity index (χ2v) is 8.64. The Morgan fingerprint density at radius 2 is 1.91 bits per heavy atom. The highest BCUT2D eigenvalue weighted by Crippen LogP contribution is 2.26. The maximum Gasteiger partial charge on any atom is 0.253 e. The van der Waals surface area contributed by atoms with Crippen LogP contribution in [0.2, 0.25) is 0 Å². The lowest BCUT2D eigenvalue weighted by molar-refractivity contribution is 0.0827. The van der Waals surface area contributed by atoms with Gasteiger partial charge >= 0.3 is 0 Å². The standard InChI is InChI=1S/C26H28N4O4/c1-17-10-18(16-27)12-21(11-17)28-5-4-19-13-20(26(32)29(2)3)14-22-23(31)15-24(34-25(19)22)30-6-8-33-9-7-30/h10-15,28H,4-9H2,1-3H3. The second-order valence-electron chi connectivity index (χ2n) is 8.64. The molecule has 1 aromatic heterocycles. The van der Waals surface area contributed by atoms with Crippen LogP contribution in [0, 0.1) is 18.3 Å². The van der Waals surface area contributed by atoms with Gasteiger partial charge in [-0.3, -0.25) is 9.59 Å². The number of aryl methyl sites for hydroxylation is 1. The number of ether oxygens (including phenoxy) is 1. The number of benzene rings is 2. The molecule has 1 amide bonds. The molecule has 176 valence electrons. The van der Waals surface area contributed by atoms with Crippen LogP contribution in [-0.2, 0) is 11.2 Å². The average Bonchev–Trinajstić information content (AvgIpc) is 2.83. The maximum atomic E-state index is 13.1. The van der Waals surface area contributed by atoms with Crippen LogP contribution in [0.15, 0.2) is 45.6 Å². The van der Waals surface area contributed by atoms with Crippen LogP contribution in [0.3, 0.4) is 0 Å². The van der Waals surface area contributed by atoms with Crippen LogP contribution in [-0.4, -0.2) is 57.8 Å². The predicted molar refractivity (Wildman–Crippen MR) is 132 cm³/mol. The first kappa shape index (κ1) is 23.3. The smallest absolute Gasteiger partial charge is 0.253 e. The summed E-state index contributed by atoms with van der Waals surface area (Å²) in [4.78, 5) is 29.2. The van der Waals surface area contributed by atoms with Gasteiger partial charge in [0, 0.05) is 51.0 Å². The first-order valence-electron chi connectivity index (χ1n) is 11.3. The molecule has 1 aliphatic heterocycles. The van der Waals surface area contributed by atoms with Gasteiger partial charge in [-0.05, 0) is 54.8 Å². The Hall–Kier alpha value is -3.83. The Morgan fingerprint density at radius 1 is 1.15 bits per heavy atom. The van der Waals surface area contributed by atoms with E-state index in [9.17, 15) is 14.9 Å². The van der Waals surface area contributed by atoms with Gasteiger partial charge in [-0.15, -0.1) is 0 Å². The molecule has 1 aliphatic rings. The number of carbonyl (C=O) groups is 1. The summed E-state index contributed by atoms with van der Waals surface area (Å²) in [5, 5.41) is 13.0. The summed E-state index contributed by atoms with van der Waals surface area (Å²) in [6.45, 7) is 4.94. The second kappa shape index (κ2) is 9.98. The Kier molecular flexibility index (Phi) is 6.85. The SMILES string of the molecule is Cc1cc(C#N)cc(NCCc2cc(C(=O)N(C)C)cc3c(=O)cc(N4CCOCC4)oc23)c1. The molecule has 0 radical (unpaired) electrons. The third-order valence-corrected chi connectivity index (χ3v) is 5.80. The van der Waals surface area contributed by atoms with Crippen molar-refractivity contribution in [3.8, 4) is 6.07 Å². The van der Waals surface area contributed by atoms with Crippen molar-refractivity contribution in [3.05, 3.63) is 68.9 Å². The molecule has 1 fully saturated rings. The Morgan fingerprint density at radius 3 is 2.62 bits per heavy atom. The normalized spacial score (nSPS) is 13.5. The fourth-order valence-corrected chi connectivity index (χ4v) is 4.11. The predicted octanol–water partition coefficient (Wildman–Crippen LogP) is 3.17. The molecule has 0 unspecified atom stereocenters. The fourth-order valence-electron chi connectivity index (χ4n) is 4.11. The molecular formula is C26H28N4O4. The van der Waals surface area contributed by atoms with E-state index in [1.165, 1.54) is 11.0 Å². The summed E-state index contributed by atoms with van der Waals surface area (Å²) >= 11 is 0. The molecule has 2 aromatic carbocycles. The summed E-state index contributed by atoms with van der Waals surface area (Å²) in [7, 11) is 3.37. The molecule has 0 spiro atoms. The van der Waals surface area contributed by atoms with Crippen molar-refractivity contribution >= 4 is 28.4 Å². The number of fused-ring (bicyclic) bond motifs is 1. The number of nitrogens with one attached hydrogen (secondary N) is 1. The largest absolute Gasteiger partial charge is 0.440 e. The Labute approximate surface area is 198 Å². The van der Waals surface area contributed by atoms with Crippen LogP contribution in [0.1, 0.15) is 27.0 Å². The Bertz CT molecular complexity index is 1320.